The number of benzene rings is 2. The lowest BCUT2D eigenvalue weighted by atomic mass is 9.97. The molecule has 2 aromatic carbocycles. The number of aryl methyl sites for hydroxylation is 1. The smallest absolute Gasteiger partial charge is 0.0848 e. The summed E-state index contributed by atoms with van der Waals surface area (Å²) >= 11 is 0. The fourth-order valence-corrected chi connectivity index (χ4v) is 3.70. The van der Waals surface area contributed by atoms with E-state index in [0.717, 1.165) is 35.6 Å². The van der Waals surface area contributed by atoms with Crippen LogP contribution in [0.2, 0.25) is 0 Å². The predicted octanol–water partition coefficient (Wildman–Crippen LogP) is 5.38. The maximum atomic E-state index is 4.79. The summed E-state index contributed by atoms with van der Waals surface area (Å²) in [7, 11) is 0. The van der Waals surface area contributed by atoms with Gasteiger partial charge in [-0.25, -0.2) is 0 Å². The Labute approximate surface area is 153 Å². The summed E-state index contributed by atoms with van der Waals surface area (Å²) in [6.45, 7) is 4.14. The predicted molar refractivity (Wildman–Crippen MR) is 107 cm³/mol. The molecule has 0 bridgehead atoms. The van der Waals surface area contributed by atoms with Crippen molar-refractivity contribution < 1.29 is 0 Å². The molecule has 0 amide bonds. The van der Waals surface area contributed by atoms with Crippen LogP contribution in [-0.4, -0.2) is 16.4 Å². The van der Waals surface area contributed by atoms with Crippen molar-refractivity contribution in [1.82, 2.24) is 4.98 Å². The third kappa shape index (κ3) is 2.57. The standard InChI is InChI=1S/C23H19N3/c1-14-3-6-22(24-13-14)23-12-19-11-17(5-8-21(19)26-23)16-4-7-20-18(10-16)9-15(2)25-20/h3-8,10-11,13H,9,12H2,1-2H3. The second-order valence-electron chi connectivity index (χ2n) is 7.17. The van der Waals surface area contributed by atoms with E-state index >= 15 is 0 Å². The Balaban J connectivity index is 1.45. The summed E-state index contributed by atoms with van der Waals surface area (Å²) in [5.41, 5.74) is 11.6. The first kappa shape index (κ1) is 15.2. The van der Waals surface area contributed by atoms with Crippen molar-refractivity contribution in [3.8, 4) is 11.1 Å². The molecule has 0 fully saturated rings. The second-order valence-corrected chi connectivity index (χ2v) is 7.17. The monoisotopic (exact) mass is 337 g/mol. The average molecular weight is 337 g/mol. The van der Waals surface area contributed by atoms with E-state index < -0.39 is 0 Å². The highest BCUT2D eigenvalue weighted by Gasteiger charge is 2.18. The molecule has 3 heterocycles. The largest absolute Gasteiger partial charge is 0.257 e. The molecule has 0 unspecified atom stereocenters. The Morgan fingerprint density at radius 3 is 2.12 bits per heavy atom. The molecule has 0 spiro atoms. The molecule has 3 aromatic rings. The van der Waals surface area contributed by atoms with Gasteiger partial charge in [0, 0.05) is 24.8 Å². The number of hydrogen-bond acceptors (Lipinski definition) is 3. The van der Waals surface area contributed by atoms with Gasteiger partial charge in [0.05, 0.1) is 22.8 Å². The van der Waals surface area contributed by atoms with E-state index in [1.807, 2.05) is 6.20 Å². The number of aromatic nitrogens is 1. The molecule has 2 aliphatic heterocycles. The zero-order chi connectivity index (χ0) is 17.7. The van der Waals surface area contributed by atoms with E-state index in [1.54, 1.807) is 0 Å². The van der Waals surface area contributed by atoms with Crippen molar-refractivity contribution in [3.05, 3.63) is 77.1 Å². The molecule has 0 radical (unpaired) electrons. The molecular formula is C23H19N3. The van der Waals surface area contributed by atoms with Crippen molar-refractivity contribution in [3.63, 3.8) is 0 Å². The fourth-order valence-electron chi connectivity index (χ4n) is 3.70. The molecule has 0 aliphatic carbocycles. The summed E-state index contributed by atoms with van der Waals surface area (Å²) in [5, 5.41) is 0. The summed E-state index contributed by atoms with van der Waals surface area (Å²) < 4.78 is 0. The Morgan fingerprint density at radius 1 is 0.731 bits per heavy atom. The summed E-state index contributed by atoms with van der Waals surface area (Å²) in [4.78, 5) is 13.9. The van der Waals surface area contributed by atoms with Gasteiger partial charge in [-0.15, -0.1) is 0 Å². The summed E-state index contributed by atoms with van der Waals surface area (Å²) in [6, 6.07) is 17.3. The minimum absolute atomic E-state index is 0.840. The molecule has 2 aliphatic rings. The molecule has 0 atom stereocenters. The number of pyridine rings is 1. The Bertz CT molecular complexity index is 1090. The Hall–Kier alpha value is -3.07. The van der Waals surface area contributed by atoms with E-state index in [0.29, 0.717) is 0 Å². The van der Waals surface area contributed by atoms with E-state index in [9.17, 15) is 0 Å². The Morgan fingerprint density at radius 2 is 1.42 bits per heavy atom. The fraction of sp³-hybridized carbons (Fsp3) is 0.174. The minimum atomic E-state index is 0.840. The van der Waals surface area contributed by atoms with Crippen LogP contribution in [0, 0.1) is 6.92 Å². The van der Waals surface area contributed by atoms with Crippen LogP contribution in [0.15, 0.2) is 64.7 Å². The topological polar surface area (TPSA) is 37.6 Å². The quantitative estimate of drug-likeness (QED) is 0.618. The van der Waals surface area contributed by atoms with Crippen LogP contribution in [0.25, 0.3) is 11.1 Å². The van der Waals surface area contributed by atoms with Crippen LogP contribution in [0.1, 0.15) is 29.3 Å². The molecule has 3 heteroatoms. The maximum absolute atomic E-state index is 4.79. The third-order valence-corrected chi connectivity index (χ3v) is 5.07. The van der Waals surface area contributed by atoms with Crippen LogP contribution in [0.4, 0.5) is 11.4 Å². The molecule has 126 valence electrons. The van der Waals surface area contributed by atoms with Gasteiger partial charge >= 0.3 is 0 Å². The average Bonchev–Trinajstić information content (AvgIpc) is 3.23. The molecular weight excluding hydrogens is 318 g/mol. The van der Waals surface area contributed by atoms with Gasteiger partial charge in [0.25, 0.3) is 0 Å². The molecule has 0 saturated heterocycles. The molecule has 3 nitrogen and oxygen atoms in total. The van der Waals surface area contributed by atoms with Gasteiger partial charge in [0.15, 0.2) is 0 Å². The van der Waals surface area contributed by atoms with Crippen LogP contribution in [0.5, 0.6) is 0 Å². The third-order valence-electron chi connectivity index (χ3n) is 5.07. The first-order valence-electron chi connectivity index (χ1n) is 8.97. The van der Waals surface area contributed by atoms with E-state index in [-0.39, 0.29) is 0 Å². The molecule has 1 aromatic heterocycles. The number of hydrogen-bond donors (Lipinski definition) is 0. The summed E-state index contributed by atoms with van der Waals surface area (Å²) in [6.07, 6.45) is 3.70. The van der Waals surface area contributed by atoms with Gasteiger partial charge in [-0.3, -0.25) is 15.0 Å². The number of nitrogens with zero attached hydrogens (tertiary/aromatic N) is 3. The number of rotatable bonds is 2. The van der Waals surface area contributed by atoms with Crippen LogP contribution >= 0.6 is 0 Å². The highest BCUT2D eigenvalue weighted by Crippen LogP contribution is 2.35. The van der Waals surface area contributed by atoms with Gasteiger partial charge in [-0.2, -0.15) is 0 Å². The van der Waals surface area contributed by atoms with Crippen molar-refractivity contribution in [1.29, 1.82) is 0 Å². The zero-order valence-corrected chi connectivity index (χ0v) is 15.0. The number of aliphatic imine (C=N–C) groups is 2. The minimum Gasteiger partial charge on any atom is -0.257 e. The van der Waals surface area contributed by atoms with Crippen molar-refractivity contribution in [2.75, 3.05) is 0 Å². The van der Waals surface area contributed by atoms with Crippen LogP contribution in [0.3, 0.4) is 0 Å². The van der Waals surface area contributed by atoms with E-state index in [2.05, 4.69) is 72.4 Å². The molecule has 5 rings (SSSR count). The van der Waals surface area contributed by atoms with Gasteiger partial charge < -0.3 is 0 Å². The summed E-state index contributed by atoms with van der Waals surface area (Å²) in [5.74, 6) is 0. The van der Waals surface area contributed by atoms with Gasteiger partial charge in [0.1, 0.15) is 0 Å². The zero-order valence-electron chi connectivity index (χ0n) is 15.0. The SMILES string of the molecule is CC1=Nc2ccc(-c3ccc4c(c3)CC(c3ccc(C)cn3)=N4)cc2C1. The van der Waals surface area contributed by atoms with Crippen LogP contribution in [-0.2, 0) is 12.8 Å². The van der Waals surface area contributed by atoms with Crippen molar-refractivity contribution in [2.24, 2.45) is 9.98 Å². The van der Waals surface area contributed by atoms with Crippen molar-refractivity contribution in [2.45, 2.75) is 26.7 Å². The van der Waals surface area contributed by atoms with Gasteiger partial charge in [0.2, 0.25) is 0 Å². The lowest BCUT2D eigenvalue weighted by Crippen LogP contribution is -2.03. The van der Waals surface area contributed by atoms with Crippen LogP contribution < -0.4 is 0 Å². The number of fused-ring (bicyclic) bond motifs is 2. The second kappa shape index (κ2) is 5.73. The highest BCUT2D eigenvalue weighted by molar-refractivity contribution is 6.05. The van der Waals surface area contributed by atoms with Crippen molar-refractivity contribution >= 4 is 22.8 Å². The first-order valence-corrected chi connectivity index (χ1v) is 8.97. The lowest BCUT2D eigenvalue weighted by molar-refractivity contribution is 1.22. The van der Waals surface area contributed by atoms with E-state index in [1.165, 1.54) is 33.5 Å². The van der Waals surface area contributed by atoms with Gasteiger partial charge in [-0.1, -0.05) is 18.2 Å². The lowest BCUT2D eigenvalue weighted by Gasteiger charge is -2.06. The highest BCUT2D eigenvalue weighted by atomic mass is 14.8. The maximum Gasteiger partial charge on any atom is 0.0848 e. The normalized spacial score (nSPS) is 14.7. The molecule has 0 saturated carbocycles. The van der Waals surface area contributed by atoms with Gasteiger partial charge in [-0.05, 0) is 72.0 Å². The molecule has 0 N–H and O–H groups in total. The molecule has 26 heavy (non-hydrogen) atoms. The Kier molecular flexibility index (Phi) is 3.35. The first-order chi connectivity index (χ1) is 12.7. The van der Waals surface area contributed by atoms with E-state index in [4.69, 9.17) is 4.99 Å².